The van der Waals surface area contributed by atoms with E-state index in [1.54, 1.807) is 20.8 Å². The van der Waals surface area contributed by atoms with Gasteiger partial charge in [0.2, 0.25) is 0 Å². The van der Waals surface area contributed by atoms with E-state index in [-0.39, 0.29) is 18.4 Å². The van der Waals surface area contributed by atoms with E-state index in [1.165, 1.54) is 0 Å². The number of esters is 1. The topological polar surface area (TPSA) is 102 Å². The Balaban J connectivity index is 1.98. The van der Waals surface area contributed by atoms with Crippen LogP contribution in [0, 0.1) is 5.92 Å². The van der Waals surface area contributed by atoms with Crippen molar-refractivity contribution < 1.29 is 19.1 Å². The summed E-state index contributed by atoms with van der Waals surface area (Å²) in [6.07, 6.45) is 1.08. The van der Waals surface area contributed by atoms with Crippen molar-refractivity contribution in [3.63, 3.8) is 0 Å². The summed E-state index contributed by atoms with van der Waals surface area (Å²) < 4.78 is 5.13. The Hall–Kier alpha value is -1.63. The highest BCUT2D eigenvalue weighted by Crippen LogP contribution is 2.41. The second kappa shape index (κ2) is 4.73. The van der Waals surface area contributed by atoms with Gasteiger partial charge >= 0.3 is 12.0 Å². The standard InChI is InChI=1S/C13H21N3O4/c1-12(2,3)20-9(17)7-16-10(18)13(15-11(16)19)4-8(5-13)6-14/h8H,4-7,14H2,1-3H3,(H,15,19). The second-order valence-corrected chi connectivity index (χ2v) is 6.50. The largest absolute Gasteiger partial charge is 0.459 e. The number of nitrogens with one attached hydrogen (secondary N) is 1. The molecule has 1 spiro atoms. The number of ether oxygens (including phenoxy) is 1. The molecule has 7 heteroatoms. The predicted molar refractivity (Wildman–Crippen MR) is 70.6 cm³/mol. The summed E-state index contributed by atoms with van der Waals surface area (Å²) in [5.74, 6) is -0.688. The maximum Gasteiger partial charge on any atom is 0.326 e. The summed E-state index contributed by atoms with van der Waals surface area (Å²) in [7, 11) is 0. The summed E-state index contributed by atoms with van der Waals surface area (Å²) in [4.78, 5) is 36.8. The molecule has 2 fully saturated rings. The normalized spacial score (nSPS) is 29.4. The van der Waals surface area contributed by atoms with Gasteiger partial charge in [0.15, 0.2) is 0 Å². The summed E-state index contributed by atoms with van der Waals surface area (Å²) in [6.45, 7) is 5.34. The third-order valence-electron chi connectivity index (χ3n) is 3.56. The zero-order valence-electron chi connectivity index (χ0n) is 12.1. The molecule has 20 heavy (non-hydrogen) atoms. The lowest BCUT2D eigenvalue weighted by atomic mass is 9.68. The molecule has 2 rings (SSSR count). The van der Waals surface area contributed by atoms with Crippen molar-refractivity contribution in [3.8, 4) is 0 Å². The first-order chi connectivity index (χ1) is 9.17. The maximum absolute atomic E-state index is 12.3. The molecular formula is C13H21N3O4. The highest BCUT2D eigenvalue weighted by atomic mass is 16.6. The van der Waals surface area contributed by atoms with Crippen molar-refractivity contribution in [2.45, 2.75) is 44.8 Å². The number of hydrogen-bond acceptors (Lipinski definition) is 5. The molecule has 1 heterocycles. The number of carbonyl (C=O) groups excluding carboxylic acids is 3. The zero-order chi connectivity index (χ0) is 15.1. The Morgan fingerprint density at radius 2 is 2.05 bits per heavy atom. The summed E-state index contributed by atoms with van der Waals surface area (Å²) in [5, 5.41) is 2.67. The number of urea groups is 1. The van der Waals surface area contributed by atoms with Crippen LogP contribution in [0.15, 0.2) is 0 Å². The molecule has 0 bridgehead atoms. The fourth-order valence-electron chi connectivity index (χ4n) is 2.69. The Bertz CT molecular complexity index is 449. The van der Waals surface area contributed by atoms with Gasteiger partial charge in [-0.3, -0.25) is 14.5 Å². The molecule has 0 unspecified atom stereocenters. The predicted octanol–water partition coefficient (Wildman–Crippen LogP) is -0.0126. The summed E-state index contributed by atoms with van der Waals surface area (Å²) in [6, 6.07) is -0.531. The van der Waals surface area contributed by atoms with Crippen LogP contribution in [-0.2, 0) is 14.3 Å². The van der Waals surface area contributed by atoms with Gasteiger partial charge in [-0.25, -0.2) is 4.79 Å². The highest BCUT2D eigenvalue weighted by molar-refractivity contribution is 6.09. The SMILES string of the molecule is CC(C)(C)OC(=O)CN1C(=O)NC2(CC(CN)C2)C1=O. The van der Waals surface area contributed by atoms with Crippen molar-refractivity contribution >= 4 is 17.9 Å². The van der Waals surface area contributed by atoms with Crippen LogP contribution in [0.5, 0.6) is 0 Å². The number of hydrogen-bond donors (Lipinski definition) is 2. The molecule has 0 radical (unpaired) electrons. The monoisotopic (exact) mass is 283 g/mol. The Morgan fingerprint density at radius 3 is 2.55 bits per heavy atom. The van der Waals surface area contributed by atoms with Gasteiger partial charge < -0.3 is 15.8 Å². The minimum atomic E-state index is -0.844. The number of nitrogens with two attached hydrogens (primary N) is 1. The molecule has 0 aromatic heterocycles. The van der Waals surface area contributed by atoms with Gasteiger partial charge in [-0.2, -0.15) is 0 Å². The molecule has 3 amide bonds. The molecule has 1 aliphatic carbocycles. The van der Waals surface area contributed by atoms with Gasteiger partial charge in [-0.15, -0.1) is 0 Å². The van der Waals surface area contributed by atoms with E-state index in [9.17, 15) is 14.4 Å². The Kier molecular flexibility index (Phi) is 3.49. The lowest BCUT2D eigenvalue weighted by Crippen LogP contribution is -2.58. The molecule has 2 aliphatic rings. The molecule has 0 aromatic rings. The van der Waals surface area contributed by atoms with Crippen molar-refractivity contribution in [1.82, 2.24) is 10.2 Å². The van der Waals surface area contributed by atoms with E-state index < -0.39 is 23.1 Å². The van der Waals surface area contributed by atoms with E-state index in [4.69, 9.17) is 10.5 Å². The first-order valence-electron chi connectivity index (χ1n) is 6.73. The number of amides is 3. The average Bonchev–Trinajstić information content (AvgIpc) is 2.48. The number of imide groups is 1. The smallest absolute Gasteiger partial charge is 0.326 e. The first kappa shape index (κ1) is 14.8. The van der Waals surface area contributed by atoms with E-state index in [2.05, 4.69) is 5.32 Å². The fourth-order valence-corrected chi connectivity index (χ4v) is 2.69. The van der Waals surface area contributed by atoms with Gasteiger partial charge in [0.05, 0.1) is 0 Å². The lowest BCUT2D eigenvalue weighted by molar-refractivity contribution is -0.158. The molecule has 112 valence electrons. The van der Waals surface area contributed by atoms with E-state index >= 15 is 0 Å². The van der Waals surface area contributed by atoms with Crippen LogP contribution in [0.2, 0.25) is 0 Å². The van der Waals surface area contributed by atoms with Crippen LogP contribution in [-0.4, -0.2) is 47.0 Å². The minimum Gasteiger partial charge on any atom is -0.459 e. The molecule has 7 nitrogen and oxygen atoms in total. The quantitative estimate of drug-likeness (QED) is 0.560. The van der Waals surface area contributed by atoms with Crippen LogP contribution in [0.3, 0.4) is 0 Å². The summed E-state index contributed by atoms with van der Waals surface area (Å²) in [5.41, 5.74) is 4.05. The third-order valence-corrected chi connectivity index (χ3v) is 3.56. The summed E-state index contributed by atoms with van der Waals surface area (Å²) >= 11 is 0. The second-order valence-electron chi connectivity index (χ2n) is 6.50. The maximum atomic E-state index is 12.3. The number of carbonyl (C=O) groups is 3. The van der Waals surface area contributed by atoms with E-state index in [0.29, 0.717) is 19.4 Å². The van der Waals surface area contributed by atoms with Crippen molar-refractivity contribution in [2.24, 2.45) is 11.7 Å². The third kappa shape index (κ3) is 2.63. The molecule has 1 saturated carbocycles. The minimum absolute atomic E-state index is 0.251. The van der Waals surface area contributed by atoms with Crippen molar-refractivity contribution in [2.75, 3.05) is 13.1 Å². The molecule has 3 N–H and O–H groups in total. The fraction of sp³-hybridized carbons (Fsp3) is 0.769. The van der Waals surface area contributed by atoms with Crippen molar-refractivity contribution in [3.05, 3.63) is 0 Å². The van der Waals surface area contributed by atoms with Gasteiger partial charge in [-0.1, -0.05) is 0 Å². The van der Waals surface area contributed by atoms with Crippen LogP contribution >= 0.6 is 0 Å². The molecule has 1 saturated heterocycles. The van der Waals surface area contributed by atoms with Gasteiger partial charge in [0.25, 0.3) is 5.91 Å². The lowest BCUT2D eigenvalue weighted by Gasteiger charge is -2.42. The average molecular weight is 283 g/mol. The van der Waals surface area contributed by atoms with Gasteiger partial charge in [-0.05, 0) is 46.1 Å². The molecule has 0 aromatic carbocycles. The Morgan fingerprint density at radius 1 is 1.45 bits per heavy atom. The molecule has 1 aliphatic heterocycles. The van der Waals surface area contributed by atoms with Crippen LogP contribution in [0.25, 0.3) is 0 Å². The van der Waals surface area contributed by atoms with Gasteiger partial charge in [0.1, 0.15) is 17.7 Å². The van der Waals surface area contributed by atoms with Crippen LogP contribution in [0.4, 0.5) is 4.79 Å². The van der Waals surface area contributed by atoms with Crippen LogP contribution in [0.1, 0.15) is 33.6 Å². The first-order valence-corrected chi connectivity index (χ1v) is 6.73. The Labute approximate surface area is 117 Å². The number of nitrogens with zero attached hydrogens (tertiary/aromatic N) is 1. The number of rotatable bonds is 3. The van der Waals surface area contributed by atoms with E-state index in [0.717, 1.165) is 4.90 Å². The highest BCUT2D eigenvalue weighted by Gasteiger charge is 2.58. The van der Waals surface area contributed by atoms with E-state index in [1.807, 2.05) is 0 Å². The van der Waals surface area contributed by atoms with Crippen molar-refractivity contribution in [1.29, 1.82) is 0 Å². The zero-order valence-corrected chi connectivity index (χ0v) is 12.1. The molecule has 0 atom stereocenters. The molecular weight excluding hydrogens is 262 g/mol. The van der Waals surface area contributed by atoms with Crippen LogP contribution < -0.4 is 11.1 Å². The van der Waals surface area contributed by atoms with Gasteiger partial charge in [0, 0.05) is 0 Å².